The number of hydrogen-bond acceptors (Lipinski definition) is 4. The van der Waals surface area contributed by atoms with E-state index in [9.17, 15) is 9.59 Å². The molecule has 0 fully saturated rings. The third-order valence-electron chi connectivity index (χ3n) is 1.47. The molecule has 0 heterocycles. The molecular weight excluding hydrogens is 170 g/mol. The minimum absolute atomic E-state index is 0.191. The van der Waals surface area contributed by atoms with Crippen LogP contribution < -0.4 is 0 Å². The van der Waals surface area contributed by atoms with Gasteiger partial charge in [0.25, 0.3) is 0 Å². The van der Waals surface area contributed by atoms with E-state index in [1.54, 1.807) is 13.0 Å². The average Bonchev–Trinajstić information content (AvgIpc) is 2.06. The molecule has 1 unspecified atom stereocenters. The molecule has 0 rings (SSSR count). The Morgan fingerprint density at radius 1 is 1.46 bits per heavy atom. The Labute approximate surface area is 77.5 Å². The third-order valence-corrected chi connectivity index (χ3v) is 1.47. The van der Waals surface area contributed by atoms with Crippen LogP contribution in [0.15, 0.2) is 0 Å². The van der Waals surface area contributed by atoms with Crippen LogP contribution in [0.3, 0.4) is 0 Å². The van der Waals surface area contributed by atoms with Crippen molar-refractivity contribution in [2.24, 2.45) is 5.92 Å². The first-order chi connectivity index (χ1) is 6.17. The van der Waals surface area contributed by atoms with Gasteiger partial charge in [0, 0.05) is 6.42 Å². The molecule has 0 aromatic heterocycles. The smallest absolute Gasteiger partial charge is 0.331 e. The molecule has 4 heteroatoms. The topological polar surface area (TPSA) is 67.2 Å². The summed E-state index contributed by atoms with van der Waals surface area (Å²) in [5, 5.41) is 8.55. The summed E-state index contributed by atoms with van der Waals surface area (Å²) in [5.74, 6) is -2.33. The first-order valence-electron chi connectivity index (χ1n) is 4.26. The van der Waals surface area contributed by atoms with Crippen LogP contribution in [0.2, 0.25) is 0 Å². The van der Waals surface area contributed by atoms with Gasteiger partial charge in [0.1, 0.15) is 0 Å². The van der Waals surface area contributed by atoms with Crippen LogP contribution in [0, 0.1) is 17.2 Å². The van der Waals surface area contributed by atoms with Gasteiger partial charge in [0.15, 0.2) is 5.78 Å². The lowest BCUT2D eigenvalue weighted by Crippen LogP contribution is -2.24. The fourth-order valence-electron chi connectivity index (χ4n) is 0.872. The maximum absolute atomic E-state index is 11.2. The van der Waals surface area contributed by atoms with Crippen molar-refractivity contribution in [1.29, 1.82) is 5.26 Å². The molecule has 0 spiro atoms. The van der Waals surface area contributed by atoms with E-state index in [4.69, 9.17) is 5.26 Å². The molecule has 1 atom stereocenters. The number of carbonyl (C=O) groups is 2. The number of esters is 1. The van der Waals surface area contributed by atoms with Crippen molar-refractivity contribution in [3.63, 3.8) is 0 Å². The Morgan fingerprint density at radius 2 is 2.08 bits per heavy atom. The van der Waals surface area contributed by atoms with E-state index in [2.05, 4.69) is 4.74 Å². The van der Waals surface area contributed by atoms with Crippen LogP contribution in [0.4, 0.5) is 0 Å². The highest BCUT2D eigenvalue weighted by atomic mass is 16.5. The zero-order valence-corrected chi connectivity index (χ0v) is 7.87. The van der Waals surface area contributed by atoms with Crippen LogP contribution in [-0.2, 0) is 14.3 Å². The average molecular weight is 183 g/mol. The molecule has 0 N–H and O–H groups in total. The fraction of sp³-hybridized carbons (Fsp3) is 0.667. The number of hydrogen-bond donors (Lipinski definition) is 0. The number of carbonyl (C=O) groups excluding carboxylic acids is 2. The summed E-state index contributed by atoms with van der Waals surface area (Å²) >= 11 is 0. The second-order valence-corrected chi connectivity index (χ2v) is 2.53. The number of ether oxygens (including phenoxy) is 1. The largest absolute Gasteiger partial charge is 0.465 e. The molecule has 0 aliphatic rings. The number of ketones is 1. The van der Waals surface area contributed by atoms with Crippen LogP contribution >= 0.6 is 0 Å². The van der Waals surface area contributed by atoms with Gasteiger partial charge >= 0.3 is 5.97 Å². The van der Waals surface area contributed by atoms with Gasteiger partial charge < -0.3 is 4.74 Å². The van der Waals surface area contributed by atoms with E-state index in [0.717, 1.165) is 0 Å². The summed E-state index contributed by atoms with van der Waals surface area (Å²) in [6.07, 6.45) is 0.882. The molecule has 0 saturated carbocycles. The quantitative estimate of drug-likeness (QED) is 0.472. The highest BCUT2D eigenvalue weighted by molar-refractivity contribution is 6.01. The third kappa shape index (κ3) is 3.70. The van der Waals surface area contributed by atoms with Crippen molar-refractivity contribution in [3.05, 3.63) is 0 Å². The lowest BCUT2D eigenvalue weighted by Gasteiger charge is -2.05. The van der Waals surface area contributed by atoms with E-state index < -0.39 is 11.9 Å². The molecule has 0 amide bonds. The second kappa shape index (κ2) is 6.18. The first-order valence-corrected chi connectivity index (χ1v) is 4.26. The highest BCUT2D eigenvalue weighted by Gasteiger charge is 2.26. The van der Waals surface area contributed by atoms with E-state index in [1.165, 1.54) is 0 Å². The van der Waals surface area contributed by atoms with Gasteiger partial charge in [-0.15, -0.1) is 0 Å². The molecule has 0 aliphatic heterocycles. The van der Waals surface area contributed by atoms with Gasteiger partial charge in [0.2, 0.25) is 5.92 Å². The molecule has 0 aliphatic carbocycles. The maximum atomic E-state index is 11.2. The molecule has 0 saturated heterocycles. The molecule has 4 nitrogen and oxygen atoms in total. The van der Waals surface area contributed by atoms with Crippen molar-refractivity contribution in [2.75, 3.05) is 6.61 Å². The summed E-state index contributed by atoms with van der Waals surface area (Å²) in [7, 11) is 0. The van der Waals surface area contributed by atoms with E-state index in [-0.39, 0.29) is 18.8 Å². The van der Waals surface area contributed by atoms with Gasteiger partial charge in [-0.2, -0.15) is 5.26 Å². The molecule has 72 valence electrons. The normalized spacial score (nSPS) is 11.5. The Kier molecular flexibility index (Phi) is 5.53. The van der Waals surface area contributed by atoms with Crippen molar-refractivity contribution in [3.8, 4) is 6.07 Å². The minimum atomic E-state index is -1.24. The van der Waals surface area contributed by atoms with E-state index in [0.29, 0.717) is 6.42 Å². The Morgan fingerprint density at radius 3 is 2.46 bits per heavy atom. The summed E-state index contributed by atoms with van der Waals surface area (Å²) in [5.41, 5.74) is 0. The molecule has 0 aromatic carbocycles. The maximum Gasteiger partial charge on any atom is 0.331 e. The molecule has 0 bridgehead atoms. The number of nitrogens with zero attached hydrogens (tertiary/aromatic N) is 1. The van der Waals surface area contributed by atoms with Gasteiger partial charge in [-0.3, -0.25) is 9.59 Å². The highest BCUT2D eigenvalue weighted by Crippen LogP contribution is 2.05. The minimum Gasteiger partial charge on any atom is -0.465 e. The van der Waals surface area contributed by atoms with Gasteiger partial charge in [-0.05, 0) is 13.3 Å². The lowest BCUT2D eigenvalue weighted by atomic mass is 10.0. The zero-order chi connectivity index (χ0) is 10.3. The molecule has 0 radical (unpaired) electrons. The first kappa shape index (κ1) is 11.6. The van der Waals surface area contributed by atoms with Gasteiger partial charge in [-0.1, -0.05) is 6.92 Å². The monoisotopic (exact) mass is 183 g/mol. The predicted octanol–water partition coefficient (Wildman–Crippen LogP) is 1.06. The van der Waals surface area contributed by atoms with Gasteiger partial charge in [0.05, 0.1) is 12.7 Å². The van der Waals surface area contributed by atoms with E-state index in [1.807, 2.05) is 6.92 Å². The van der Waals surface area contributed by atoms with Crippen LogP contribution in [-0.4, -0.2) is 18.4 Å². The lowest BCUT2D eigenvalue weighted by molar-refractivity contribution is -0.149. The van der Waals surface area contributed by atoms with Gasteiger partial charge in [-0.25, -0.2) is 0 Å². The number of Topliss-reactive ketones (excluding diaryl/α,β-unsaturated/α-hetero) is 1. The summed E-state index contributed by atoms with van der Waals surface area (Å²) in [6.45, 7) is 3.64. The Bertz CT molecular complexity index is 212. The second-order valence-electron chi connectivity index (χ2n) is 2.53. The number of rotatable bonds is 5. The summed E-state index contributed by atoms with van der Waals surface area (Å²) < 4.78 is 4.58. The summed E-state index contributed by atoms with van der Waals surface area (Å²) in [4.78, 5) is 22.2. The van der Waals surface area contributed by atoms with E-state index >= 15 is 0 Å². The zero-order valence-electron chi connectivity index (χ0n) is 7.87. The Balaban J connectivity index is 4.26. The molecule has 13 heavy (non-hydrogen) atoms. The number of nitriles is 1. The van der Waals surface area contributed by atoms with Crippen LogP contribution in [0.1, 0.15) is 26.7 Å². The van der Waals surface area contributed by atoms with Crippen LogP contribution in [0.5, 0.6) is 0 Å². The van der Waals surface area contributed by atoms with Crippen molar-refractivity contribution >= 4 is 11.8 Å². The fourth-order valence-corrected chi connectivity index (χ4v) is 0.872. The standard InChI is InChI=1S/C9H13NO3/c1-3-5-8(11)7(6-10)9(12)13-4-2/h7H,3-5H2,1-2H3. The van der Waals surface area contributed by atoms with Crippen molar-refractivity contribution in [2.45, 2.75) is 26.7 Å². The molecule has 0 aromatic rings. The molecular formula is C9H13NO3. The van der Waals surface area contributed by atoms with Crippen molar-refractivity contribution < 1.29 is 14.3 Å². The van der Waals surface area contributed by atoms with Crippen LogP contribution in [0.25, 0.3) is 0 Å². The predicted molar refractivity (Wildman–Crippen MR) is 45.7 cm³/mol. The Hall–Kier alpha value is -1.37. The SMILES string of the molecule is CCCC(=O)C(C#N)C(=O)OCC. The van der Waals surface area contributed by atoms with Crippen molar-refractivity contribution in [1.82, 2.24) is 0 Å². The summed E-state index contributed by atoms with van der Waals surface area (Å²) in [6, 6.07) is 1.65.